The summed E-state index contributed by atoms with van der Waals surface area (Å²) in [5.41, 5.74) is 4.53. The van der Waals surface area contributed by atoms with Gasteiger partial charge in [0.05, 0.1) is 0 Å². The first-order chi connectivity index (χ1) is 15.2. The van der Waals surface area contributed by atoms with E-state index in [-0.39, 0.29) is 29.2 Å². The number of aryl methyl sites for hydroxylation is 2. The van der Waals surface area contributed by atoms with Crippen molar-refractivity contribution in [2.45, 2.75) is 52.4 Å². The van der Waals surface area contributed by atoms with Crippen LogP contribution in [0, 0.1) is 31.5 Å². The minimum Gasteiger partial charge on any atom is -0.343 e. The number of hydrogen-bond acceptors (Lipinski definition) is 3. The van der Waals surface area contributed by atoms with E-state index in [1.54, 1.807) is 19.1 Å². The minimum absolute atomic E-state index is 0.0148. The van der Waals surface area contributed by atoms with Crippen molar-refractivity contribution in [3.8, 4) is 11.1 Å². The van der Waals surface area contributed by atoms with Crippen LogP contribution in [0.15, 0.2) is 36.4 Å². The Hall–Kier alpha value is -2.82. The highest BCUT2D eigenvalue weighted by Crippen LogP contribution is 2.40. The molecule has 4 nitrogen and oxygen atoms in total. The van der Waals surface area contributed by atoms with Crippen LogP contribution < -0.4 is 0 Å². The zero-order valence-corrected chi connectivity index (χ0v) is 19.0. The highest BCUT2D eigenvalue weighted by atomic mass is 19.1. The molecule has 32 heavy (non-hydrogen) atoms. The number of rotatable bonds is 3. The Bertz CT molecular complexity index is 1010. The van der Waals surface area contributed by atoms with Gasteiger partial charge in [-0.15, -0.1) is 0 Å². The molecule has 0 atom stereocenters. The van der Waals surface area contributed by atoms with Crippen LogP contribution in [0.4, 0.5) is 4.39 Å². The molecule has 5 heteroatoms. The maximum Gasteiger partial charge on any atom is 0.219 e. The highest BCUT2D eigenvalue weighted by Gasteiger charge is 2.41. The lowest BCUT2D eigenvalue weighted by Gasteiger charge is -2.38. The Morgan fingerprint density at radius 1 is 0.875 bits per heavy atom. The van der Waals surface area contributed by atoms with Gasteiger partial charge >= 0.3 is 0 Å². The summed E-state index contributed by atoms with van der Waals surface area (Å²) in [6.07, 6.45) is 2.58. The number of amides is 1. The van der Waals surface area contributed by atoms with E-state index in [0.717, 1.165) is 40.7 Å². The van der Waals surface area contributed by atoms with Crippen molar-refractivity contribution in [1.29, 1.82) is 0 Å². The predicted molar refractivity (Wildman–Crippen MR) is 122 cm³/mol. The van der Waals surface area contributed by atoms with Crippen LogP contribution in [0.3, 0.4) is 0 Å². The standard InChI is InChI=1S/C27H30FNO3/c1-16-12-21(19-4-6-23(28)7-5-19)13-17(2)26(16)27-24(31)14-22(15-25(27)32)20-8-10-29(11-9-20)18(3)30/h4-7,12-13,20,22,27H,8-11,14-15H2,1-3H3. The van der Waals surface area contributed by atoms with Crippen LogP contribution in [0.2, 0.25) is 0 Å². The van der Waals surface area contributed by atoms with Crippen molar-refractivity contribution in [1.82, 2.24) is 4.90 Å². The second-order valence-electron chi connectivity index (χ2n) is 9.41. The molecular formula is C27H30FNO3. The Labute approximate surface area is 188 Å². The average Bonchev–Trinajstić information content (AvgIpc) is 2.75. The molecule has 1 amide bonds. The SMILES string of the molecule is CC(=O)N1CCC(C2CC(=O)C(c3c(C)cc(-c4ccc(F)cc4)cc3C)C(=O)C2)CC1. The van der Waals surface area contributed by atoms with Crippen molar-refractivity contribution in [2.24, 2.45) is 11.8 Å². The smallest absolute Gasteiger partial charge is 0.219 e. The number of Topliss-reactive ketones (excluding diaryl/α,β-unsaturated/α-hetero) is 2. The fourth-order valence-electron chi connectivity index (χ4n) is 5.58. The molecular weight excluding hydrogens is 405 g/mol. The van der Waals surface area contributed by atoms with Gasteiger partial charge in [0.1, 0.15) is 23.3 Å². The monoisotopic (exact) mass is 435 g/mol. The van der Waals surface area contributed by atoms with Crippen molar-refractivity contribution >= 4 is 17.5 Å². The van der Waals surface area contributed by atoms with Crippen LogP contribution in [0.1, 0.15) is 55.2 Å². The van der Waals surface area contributed by atoms with Gasteiger partial charge in [0.15, 0.2) is 0 Å². The first-order valence-corrected chi connectivity index (χ1v) is 11.4. The van der Waals surface area contributed by atoms with E-state index in [2.05, 4.69) is 0 Å². The second kappa shape index (κ2) is 8.97. The molecule has 1 saturated carbocycles. The first kappa shape index (κ1) is 22.4. The first-order valence-electron chi connectivity index (χ1n) is 11.4. The summed E-state index contributed by atoms with van der Waals surface area (Å²) in [4.78, 5) is 39.8. The van der Waals surface area contributed by atoms with Crippen LogP contribution >= 0.6 is 0 Å². The number of benzene rings is 2. The number of likely N-dealkylation sites (tertiary alicyclic amines) is 1. The summed E-state index contributed by atoms with van der Waals surface area (Å²) >= 11 is 0. The second-order valence-corrected chi connectivity index (χ2v) is 9.41. The quantitative estimate of drug-likeness (QED) is 0.638. The number of halogens is 1. The van der Waals surface area contributed by atoms with E-state index in [1.165, 1.54) is 12.1 Å². The zero-order valence-electron chi connectivity index (χ0n) is 19.0. The van der Waals surface area contributed by atoms with Gasteiger partial charge in [-0.05, 0) is 78.5 Å². The topological polar surface area (TPSA) is 54.5 Å². The Kier molecular flexibility index (Phi) is 6.27. The van der Waals surface area contributed by atoms with Gasteiger partial charge in [-0.2, -0.15) is 0 Å². The Morgan fingerprint density at radius 2 is 1.41 bits per heavy atom. The third-order valence-corrected chi connectivity index (χ3v) is 7.28. The van der Waals surface area contributed by atoms with Gasteiger partial charge in [0, 0.05) is 32.9 Å². The average molecular weight is 436 g/mol. The van der Waals surface area contributed by atoms with Crippen molar-refractivity contribution in [3.05, 3.63) is 58.9 Å². The largest absolute Gasteiger partial charge is 0.343 e. The number of hydrogen-bond donors (Lipinski definition) is 0. The van der Waals surface area contributed by atoms with Crippen molar-refractivity contribution in [2.75, 3.05) is 13.1 Å². The molecule has 0 bridgehead atoms. The lowest BCUT2D eigenvalue weighted by molar-refractivity contribution is -0.136. The van der Waals surface area contributed by atoms with Crippen molar-refractivity contribution in [3.63, 3.8) is 0 Å². The molecule has 1 aliphatic heterocycles. The fourth-order valence-corrected chi connectivity index (χ4v) is 5.58. The highest BCUT2D eigenvalue weighted by molar-refractivity contribution is 6.10. The van der Waals surface area contributed by atoms with Crippen LogP contribution in [0.5, 0.6) is 0 Å². The molecule has 4 rings (SSSR count). The number of nitrogens with zero attached hydrogens (tertiary/aromatic N) is 1. The molecule has 2 aliphatic rings. The summed E-state index contributed by atoms with van der Waals surface area (Å²) in [7, 11) is 0. The molecule has 0 radical (unpaired) electrons. The molecule has 168 valence electrons. The van der Waals surface area contributed by atoms with Gasteiger partial charge in [-0.3, -0.25) is 14.4 Å². The predicted octanol–water partition coefficient (Wildman–Crippen LogP) is 5.00. The summed E-state index contributed by atoms with van der Waals surface area (Å²) in [6, 6.07) is 10.3. The molecule has 0 aromatic heterocycles. The van der Waals surface area contributed by atoms with E-state index in [4.69, 9.17) is 0 Å². The maximum atomic E-state index is 13.3. The lowest BCUT2D eigenvalue weighted by Crippen LogP contribution is -2.42. The Balaban J connectivity index is 1.52. The molecule has 1 heterocycles. The molecule has 2 fully saturated rings. The molecule has 0 unspecified atom stereocenters. The number of carbonyl (C=O) groups is 3. The van der Waals surface area contributed by atoms with Gasteiger partial charge in [0.25, 0.3) is 0 Å². The van der Waals surface area contributed by atoms with E-state index in [1.807, 2.05) is 30.9 Å². The maximum absolute atomic E-state index is 13.3. The number of ketones is 2. The lowest BCUT2D eigenvalue weighted by atomic mass is 9.69. The summed E-state index contributed by atoms with van der Waals surface area (Å²) in [6.45, 7) is 6.90. The normalized spacial score (nSPS) is 22.3. The molecule has 0 spiro atoms. The van der Waals surface area contributed by atoms with E-state index in [0.29, 0.717) is 31.8 Å². The van der Waals surface area contributed by atoms with Gasteiger partial charge < -0.3 is 4.90 Å². The third kappa shape index (κ3) is 4.38. The van der Waals surface area contributed by atoms with Crippen LogP contribution in [0.25, 0.3) is 11.1 Å². The summed E-state index contributed by atoms with van der Waals surface area (Å²) in [5, 5.41) is 0. The third-order valence-electron chi connectivity index (χ3n) is 7.28. The Morgan fingerprint density at radius 3 is 1.91 bits per heavy atom. The van der Waals surface area contributed by atoms with Crippen LogP contribution in [-0.2, 0) is 14.4 Å². The van der Waals surface area contributed by atoms with E-state index < -0.39 is 5.92 Å². The zero-order chi connectivity index (χ0) is 23.0. The van der Waals surface area contributed by atoms with Crippen molar-refractivity contribution < 1.29 is 18.8 Å². The summed E-state index contributed by atoms with van der Waals surface area (Å²) in [5.74, 6) is -0.442. The molecule has 1 saturated heterocycles. The fraction of sp³-hybridized carbons (Fsp3) is 0.444. The molecule has 0 N–H and O–H groups in total. The summed E-state index contributed by atoms with van der Waals surface area (Å²) < 4.78 is 13.3. The van der Waals surface area contributed by atoms with Gasteiger partial charge in [0.2, 0.25) is 5.91 Å². The van der Waals surface area contributed by atoms with Gasteiger partial charge in [-0.25, -0.2) is 4.39 Å². The number of piperidine rings is 1. The molecule has 2 aromatic rings. The van der Waals surface area contributed by atoms with E-state index >= 15 is 0 Å². The van der Waals surface area contributed by atoms with E-state index in [9.17, 15) is 18.8 Å². The number of carbonyl (C=O) groups excluding carboxylic acids is 3. The van der Waals surface area contributed by atoms with Crippen LogP contribution in [-0.4, -0.2) is 35.5 Å². The van der Waals surface area contributed by atoms with Gasteiger partial charge in [-0.1, -0.05) is 24.3 Å². The molecule has 1 aliphatic carbocycles. The molecule has 2 aromatic carbocycles. The minimum atomic E-state index is -0.689.